The molecular formula is C15H13BrFNO2. The highest BCUT2D eigenvalue weighted by molar-refractivity contribution is 9.10. The second-order valence-corrected chi connectivity index (χ2v) is 5.49. The fourth-order valence-electron chi connectivity index (χ4n) is 1.87. The molecule has 1 atom stereocenters. The van der Waals surface area contributed by atoms with Gasteiger partial charge in [-0.1, -0.05) is 28.1 Å². The first kappa shape index (κ1) is 14.5. The lowest BCUT2D eigenvalue weighted by Crippen LogP contribution is -2.40. The average molecular weight is 338 g/mol. The van der Waals surface area contributed by atoms with Crippen LogP contribution >= 0.6 is 15.9 Å². The number of carbonyl (C=O) groups is 1. The standard InChI is InChI=1S/C15H13BrFNO2/c1-15(14(19)20,10-3-2-4-11(16)9-10)18-13-7-5-12(17)6-8-13/h2-9,18H,1H3,(H,19,20). The summed E-state index contributed by atoms with van der Waals surface area (Å²) in [6.07, 6.45) is 0. The molecular weight excluding hydrogens is 325 g/mol. The van der Waals surface area contributed by atoms with Gasteiger partial charge in [0, 0.05) is 10.2 Å². The van der Waals surface area contributed by atoms with Gasteiger partial charge in [0.15, 0.2) is 5.54 Å². The fourth-order valence-corrected chi connectivity index (χ4v) is 2.27. The van der Waals surface area contributed by atoms with E-state index in [9.17, 15) is 14.3 Å². The van der Waals surface area contributed by atoms with Crippen LogP contribution < -0.4 is 5.32 Å². The molecule has 20 heavy (non-hydrogen) atoms. The van der Waals surface area contributed by atoms with Crippen molar-refractivity contribution in [1.82, 2.24) is 0 Å². The molecule has 0 amide bonds. The minimum Gasteiger partial charge on any atom is -0.479 e. The van der Waals surface area contributed by atoms with Crippen LogP contribution in [0.2, 0.25) is 0 Å². The van der Waals surface area contributed by atoms with Gasteiger partial charge in [0.1, 0.15) is 5.82 Å². The Morgan fingerprint density at radius 3 is 2.45 bits per heavy atom. The van der Waals surface area contributed by atoms with Gasteiger partial charge in [0.2, 0.25) is 0 Å². The molecule has 5 heteroatoms. The first-order chi connectivity index (χ1) is 9.41. The van der Waals surface area contributed by atoms with Gasteiger partial charge in [-0.15, -0.1) is 0 Å². The molecule has 104 valence electrons. The summed E-state index contributed by atoms with van der Waals surface area (Å²) in [5.74, 6) is -1.38. The normalized spacial score (nSPS) is 13.6. The second kappa shape index (κ2) is 5.63. The number of halogens is 2. The van der Waals surface area contributed by atoms with Crippen LogP contribution in [0.3, 0.4) is 0 Å². The summed E-state index contributed by atoms with van der Waals surface area (Å²) >= 11 is 3.33. The molecule has 0 radical (unpaired) electrons. The Kier molecular flexibility index (Phi) is 4.09. The summed E-state index contributed by atoms with van der Waals surface area (Å²) in [6.45, 7) is 1.57. The number of carboxylic acids is 1. The molecule has 0 aromatic heterocycles. The highest BCUT2D eigenvalue weighted by atomic mass is 79.9. The molecule has 1 unspecified atom stereocenters. The summed E-state index contributed by atoms with van der Waals surface area (Å²) < 4.78 is 13.7. The van der Waals surface area contributed by atoms with E-state index in [1.165, 1.54) is 24.3 Å². The first-order valence-electron chi connectivity index (χ1n) is 5.95. The predicted molar refractivity (Wildman–Crippen MR) is 79.2 cm³/mol. The third-order valence-electron chi connectivity index (χ3n) is 3.07. The minimum absolute atomic E-state index is 0.366. The SMILES string of the molecule is CC(Nc1ccc(F)cc1)(C(=O)O)c1cccc(Br)c1. The van der Waals surface area contributed by atoms with Crippen LogP contribution in [0.4, 0.5) is 10.1 Å². The van der Waals surface area contributed by atoms with Gasteiger partial charge in [-0.3, -0.25) is 0 Å². The van der Waals surface area contributed by atoms with Crippen LogP contribution in [0.25, 0.3) is 0 Å². The summed E-state index contributed by atoms with van der Waals surface area (Å²) in [5, 5.41) is 12.5. The van der Waals surface area contributed by atoms with Gasteiger partial charge >= 0.3 is 5.97 Å². The number of hydrogen-bond acceptors (Lipinski definition) is 2. The quantitative estimate of drug-likeness (QED) is 0.886. The molecule has 0 spiro atoms. The number of anilines is 1. The molecule has 0 saturated heterocycles. The predicted octanol–water partition coefficient (Wildman–Crippen LogP) is 4.00. The van der Waals surface area contributed by atoms with E-state index in [1.807, 2.05) is 6.07 Å². The summed E-state index contributed by atoms with van der Waals surface area (Å²) in [7, 11) is 0. The third kappa shape index (κ3) is 2.99. The van der Waals surface area contributed by atoms with Crippen molar-refractivity contribution < 1.29 is 14.3 Å². The molecule has 0 heterocycles. The Morgan fingerprint density at radius 2 is 1.90 bits per heavy atom. The summed E-state index contributed by atoms with van der Waals surface area (Å²) in [4.78, 5) is 11.7. The van der Waals surface area contributed by atoms with E-state index >= 15 is 0 Å². The smallest absolute Gasteiger partial charge is 0.333 e. The second-order valence-electron chi connectivity index (χ2n) is 4.57. The minimum atomic E-state index is -1.30. The maximum Gasteiger partial charge on any atom is 0.333 e. The van der Waals surface area contributed by atoms with E-state index in [-0.39, 0.29) is 5.82 Å². The van der Waals surface area contributed by atoms with Crippen molar-refractivity contribution in [2.75, 3.05) is 5.32 Å². The molecule has 0 bridgehead atoms. The Hall–Kier alpha value is -1.88. The maximum atomic E-state index is 12.9. The Bertz CT molecular complexity index is 630. The van der Waals surface area contributed by atoms with Gasteiger partial charge in [-0.2, -0.15) is 0 Å². The van der Waals surface area contributed by atoms with Gasteiger partial charge in [0.05, 0.1) is 0 Å². The molecule has 0 aliphatic carbocycles. The van der Waals surface area contributed by atoms with Crippen LogP contribution in [-0.4, -0.2) is 11.1 Å². The van der Waals surface area contributed by atoms with E-state index in [0.29, 0.717) is 11.3 Å². The highest BCUT2D eigenvalue weighted by Crippen LogP contribution is 2.28. The van der Waals surface area contributed by atoms with Crippen molar-refractivity contribution in [2.24, 2.45) is 0 Å². The molecule has 2 aromatic rings. The van der Waals surface area contributed by atoms with E-state index < -0.39 is 11.5 Å². The highest BCUT2D eigenvalue weighted by Gasteiger charge is 2.35. The molecule has 0 saturated carbocycles. The summed E-state index contributed by atoms with van der Waals surface area (Å²) in [6, 6.07) is 12.6. The monoisotopic (exact) mass is 337 g/mol. The zero-order valence-electron chi connectivity index (χ0n) is 10.7. The Morgan fingerprint density at radius 1 is 1.25 bits per heavy atom. The van der Waals surface area contributed by atoms with E-state index in [0.717, 1.165) is 4.47 Å². The van der Waals surface area contributed by atoms with Gasteiger partial charge < -0.3 is 10.4 Å². The number of rotatable bonds is 4. The Labute approximate surface area is 124 Å². The van der Waals surface area contributed by atoms with Crippen molar-refractivity contribution >= 4 is 27.6 Å². The first-order valence-corrected chi connectivity index (χ1v) is 6.74. The van der Waals surface area contributed by atoms with Crippen molar-refractivity contribution in [2.45, 2.75) is 12.5 Å². The van der Waals surface area contributed by atoms with Crippen molar-refractivity contribution in [3.63, 3.8) is 0 Å². The van der Waals surface area contributed by atoms with Crippen LogP contribution in [0, 0.1) is 5.82 Å². The lowest BCUT2D eigenvalue weighted by atomic mass is 9.91. The largest absolute Gasteiger partial charge is 0.479 e. The van der Waals surface area contributed by atoms with Gasteiger partial charge in [-0.05, 0) is 48.9 Å². The molecule has 2 N–H and O–H groups in total. The van der Waals surface area contributed by atoms with Gasteiger partial charge in [0.25, 0.3) is 0 Å². The van der Waals surface area contributed by atoms with Gasteiger partial charge in [-0.25, -0.2) is 9.18 Å². The topological polar surface area (TPSA) is 49.3 Å². The lowest BCUT2D eigenvalue weighted by Gasteiger charge is -2.28. The Balaban J connectivity index is 2.39. The van der Waals surface area contributed by atoms with Crippen molar-refractivity contribution in [1.29, 1.82) is 0 Å². The number of aliphatic carboxylic acids is 1. The molecule has 0 aliphatic rings. The van der Waals surface area contributed by atoms with Crippen LogP contribution in [0.15, 0.2) is 53.0 Å². The molecule has 2 rings (SSSR count). The number of carboxylic acid groups (broad SMARTS) is 1. The zero-order chi connectivity index (χ0) is 14.8. The molecule has 3 nitrogen and oxygen atoms in total. The molecule has 2 aromatic carbocycles. The van der Waals surface area contributed by atoms with Crippen molar-refractivity contribution in [3.05, 3.63) is 64.4 Å². The van der Waals surface area contributed by atoms with Crippen LogP contribution in [-0.2, 0) is 10.3 Å². The number of benzene rings is 2. The lowest BCUT2D eigenvalue weighted by molar-refractivity contribution is -0.142. The third-order valence-corrected chi connectivity index (χ3v) is 3.56. The van der Waals surface area contributed by atoms with Crippen LogP contribution in [0.1, 0.15) is 12.5 Å². The average Bonchev–Trinajstić information content (AvgIpc) is 2.41. The number of hydrogen-bond donors (Lipinski definition) is 2. The maximum absolute atomic E-state index is 12.9. The fraction of sp³-hybridized carbons (Fsp3) is 0.133. The molecule has 0 aliphatic heterocycles. The number of nitrogens with one attached hydrogen (secondary N) is 1. The van der Waals surface area contributed by atoms with Crippen LogP contribution in [0.5, 0.6) is 0 Å². The van der Waals surface area contributed by atoms with E-state index in [4.69, 9.17) is 0 Å². The summed E-state index contributed by atoms with van der Waals surface area (Å²) in [5.41, 5.74) is -0.165. The van der Waals surface area contributed by atoms with E-state index in [2.05, 4.69) is 21.2 Å². The van der Waals surface area contributed by atoms with Crippen molar-refractivity contribution in [3.8, 4) is 0 Å². The zero-order valence-corrected chi connectivity index (χ0v) is 12.3. The van der Waals surface area contributed by atoms with E-state index in [1.54, 1.807) is 25.1 Å². The molecule has 0 fully saturated rings.